The Morgan fingerprint density at radius 2 is 1.67 bits per heavy atom. The maximum absolute atomic E-state index is 12.0. The van der Waals surface area contributed by atoms with Crippen LogP contribution in [0.4, 0.5) is 16.2 Å². The van der Waals surface area contributed by atoms with Crippen molar-refractivity contribution in [3.63, 3.8) is 0 Å². The lowest BCUT2D eigenvalue weighted by Gasteiger charge is -2.12. The van der Waals surface area contributed by atoms with Gasteiger partial charge < -0.3 is 20.1 Å². The molecule has 0 saturated carbocycles. The van der Waals surface area contributed by atoms with E-state index in [0.29, 0.717) is 22.9 Å². The third-order valence-corrected chi connectivity index (χ3v) is 4.03. The van der Waals surface area contributed by atoms with Gasteiger partial charge in [-0.05, 0) is 36.4 Å². The largest absolute Gasteiger partial charge is 0.497 e. The number of methoxy groups -OCH3 is 2. The maximum atomic E-state index is 12.0. The highest BCUT2D eigenvalue weighted by Gasteiger charge is 2.10. The average Bonchev–Trinajstić information content (AvgIpc) is 2.54. The van der Waals surface area contributed by atoms with Gasteiger partial charge in [-0.3, -0.25) is 0 Å². The first-order valence-corrected chi connectivity index (χ1v) is 8.31. The zero-order valence-corrected chi connectivity index (χ0v) is 13.9. The summed E-state index contributed by atoms with van der Waals surface area (Å²) in [6, 6.07) is 9.92. The van der Waals surface area contributed by atoms with Crippen molar-refractivity contribution >= 4 is 27.4 Å². The van der Waals surface area contributed by atoms with Crippen LogP contribution in [0.1, 0.15) is 0 Å². The molecule has 0 aliphatic carbocycles. The second-order valence-electron chi connectivity index (χ2n) is 4.71. The Morgan fingerprint density at radius 1 is 1.00 bits per heavy atom. The number of nitrogens with one attached hydrogen (secondary N) is 2. The van der Waals surface area contributed by atoms with E-state index in [2.05, 4.69) is 10.6 Å². The second-order valence-corrected chi connectivity index (χ2v) is 6.28. The molecule has 0 aromatic heterocycles. The van der Waals surface area contributed by atoms with Gasteiger partial charge in [0.2, 0.25) is 10.0 Å². The molecule has 0 saturated heterocycles. The molecule has 2 amide bonds. The lowest BCUT2D eigenvalue weighted by molar-refractivity contribution is 0.262. The van der Waals surface area contributed by atoms with E-state index >= 15 is 0 Å². The highest BCUT2D eigenvalue weighted by Crippen LogP contribution is 2.29. The fraction of sp³-hybridized carbons (Fsp3) is 0.133. The summed E-state index contributed by atoms with van der Waals surface area (Å²) in [6.07, 6.45) is 0. The number of urea groups is 1. The standard InChI is InChI=1S/C15H17N3O5S/c1-22-11-5-8-13(14(9-11)23-2)18-15(19)17-10-3-6-12(7-4-10)24(16,20)21/h3-9H,1-2H3,(H2,16,20,21)(H2,17,18,19). The third-order valence-electron chi connectivity index (χ3n) is 3.10. The van der Waals surface area contributed by atoms with Crippen molar-refractivity contribution in [2.24, 2.45) is 5.14 Å². The highest BCUT2D eigenvalue weighted by molar-refractivity contribution is 7.89. The molecule has 0 unspecified atom stereocenters. The van der Waals surface area contributed by atoms with Gasteiger partial charge >= 0.3 is 6.03 Å². The van der Waals surface area contributed by atoms with Crippen LogP contribution >= 0.6 is 0 Å². The van der Waals surface area contributed by atoms with Gasteiger partial charge in [-0.1, -0.05) is 0 Å². The molecule has 8 nitrogen and oxygen atoms in total. The van der Waals surface area contributed by atoms with E-state index in [9.17, 15) is 13.2 Å². The molecule has 0 aliphatic heterocycles. The second kappa shape index (κ2) is 7.20. The zero-order chi connectivity index (χ0) is 17.7. The number of benzene rings is 2. The molecule has 2 rings (SSSR count). The molecule has 0 bridgehead atoms. The molecule has 0 aliphatic rings. The molecular weight excluding hydrogens is 334 g/mol. The van der Waals surface area contributed by atoms with Crippen LogP contribution in [0.3, 0.4) is 0 Å². The van der Waals surface area contributed by atoms with Crippen LogP contribution in [0, 0.1) is 0 Å². The van der Waals surface area contributed by atoms with Crippen molar-refractivity contribution < 1.29 is 22.7 Å². The number of carbonyl (C=O) groups excluding carboxylic acids is 1. The van der Waals surface area contributed by atoms with E-state index in [-0.39, 0.29) is 4.90 Å². The lowest BCUT2D eigenvalue weighted by atomic mass is 10.2. The quantitative estimate of drug-likeness (QED) is 0.761. The molecule has 0 atom stereocenters. The summed E-state index contributed by atoms with van der Waals surface area (Å²) in [5, 5.41) is 10.2. The van der Waals surface area contributed by atoms with Crippen molar-refractivity contribution in [1.29, 1.82) is 0 Å². The Balaban J connectivity index is 2.08. The summed E-state index contributed by atoms with van der Waals surface area (Å²) in [5.74, 6) is 1.03. The molecular formula is C15H17N3O5S. The van der Waals surface area contributed by atoms with E-state index in [1.54, 1.807) is 18.2 Å². The van der Waals surface area contributed by atoms with Gasteiger partial charge in [0, 0.05) is 11.8 Å². The normalized spacial score (nSPS) is 10.8. The molecule has 4 N–H and O–H groups in total. The van der Waals surface area contributed by atoms with Crippen molar-refractivity contribution in [1.82, 2.24) is 0 Å². The molecule has 0 fully saturated rings. The molecule has 9 heteroatoms. The number of primary sulfonamides is 1. The Bertz CT molecular complexity index is 835. The van der Waals surface area contributed by atoms with Crippen molar-refractivity contribution in [3.8, 4) is 11.5 Å². The fourth-order valence-electron chi connectivity index (χ4n) is 1.91. The van der Waals surface area contributed by atoms with Crippen molar-refractivity contribution in [3.05, 3.63) is 42.5 Å². The number of rotatable bonds is 5. The molecule has 0 spiro atoms. The number of nitrogens with two attached hydrogens (primary N) is 1. The number of carbonyl (C=O) groups is 1. The lowest BCUT2D eigenvalue weighted by Crippen LogP contribution is -2.20. The van der Waals surface area contributed by atoms with Crippen LogP contribution < -0.4 is 25.2 Å². The highest BCUT2D eigenvalue weighted by atomic mass is 32.2. The van der Waals surface area contributed by atoms with Gasteiger partial charge in [0.25, 0.3) is 0 Å². The minimum absolute atomic E-state index is 0.0368. The Labute approximate surface area is 139 Å². The number of ether oxygens (including phenoxy) is 2. The molecule has 2 aromatic carbocycles. The van der Waals surface area contributed by atoms with Crippen LogP contribution in [0.2, 0.25) is 0 Å². The molecule has 2 aromatic rings. The summed E-state index contributed by atoms with van der Waals surface area (Å²) >= 11 is 0. The van der Waals surface area contributed by atoms with Crippen LogP contribution in [0.5, 0.6) is 11.5 Å². The topological polar surface area (TPSA) is 120 Å². The number of hydrogen-bond donors (Lipinski definition) is 3. The minimum Gasteiger partial charge on any atom is -0.497 e. The van der Waals surface area contributed by atoms with Crippen LogP contribution in [0.15, 0.2) is 47.4 Å². The van der Waals surface area contributed by atoms with E-state index in [1.807, 2.05) is 0 Å². The maximum Gasteiger partial charge on any atom is 0.323 e. The monoisotopic (exact) mass is 351 g/mol. The van der Waals surface area contributed by atoms with E-state index in [1.165, 1.54) is 38.5 Å². The summed E-state index contributed by atoms with van der Waals surface area (Å²) in [6.45, 7) is 0. The van der Waals surface area contributed by atoms with E-state index < -0.39 is 16.1 Å². The van der Waals surface area contributed by atoms with Crippen molar-refractivity contribution in [2.75, 3.05) is 24.9 Å². The summed E-state index contributed by atoms with van der Waals surface area (Å²) in [7, 11) is -0.765. The van der Waals surface area contributed by atoms with Gasteiger partial charge in [-0.15, -0.1) is 0 Å². The van der Waals surface area contributed by atoms with Crippen molar-refractivity contribution in [2.45, 2.75) is 4.90 Å². The average molecular weight is 351 g/mol. The molecule has 0 heterocycles. The van der Waals surface area contributed by atoms with Gasteiger partial charge in [-0.25, -0.2) is 18.4 Å². The van der Waals surface area contributed by atoms with Crippen LogP contribution in [0.25, 0.3) is 0 Å². The molecule has 0 radical (unpaired) electrons. The summed E-state index contributed by atoms with van der Waals surface area (Å²) < 4.78 is 32.6. The van der Waals surface area contributed by atoms with Gasteiger partial charge in [0.05, 0.1) is 24.8 Å². The van der Waals surface area contributed by atoms with E-state index in [4.69, 9.17) is 14.6 Å². The SMILES string of the molecule is COc1ccc(NC(=O)Nc2ccc(S(N)(=O)=O)cc2)c(OC)c1. The fourth-order valence-corrected chi connectivity index (χ4v) is 2.43. The summed E-state index contributed by atoms with van der Waals surface area (Å²) in [4.78, 5) is 12.0. The van der Waals surface area contributed by atoms with Crippen LogP contribution in [-0.2, 0) is 10.0 Å². The predicted octanol–water partition coefficient (Wildman–Crippen LogP) is 2.00. The molecule has 24 heavy (non-hydrogen) atoms. The Kier molecular flexibility index (Phi) is 5.27. The Hall–Kier alpha value is -2.78. The van der Waals surface area contributed by atoms with Gasteiger partial charge in [0.15, 0.2) is 0 Å². The van der Waals surface area contributed by atoms with Gasteiger partial charge in [0.1, 0.15) is 11.5 Å². The first-order valence-electron chi connectivity index (χ1n) is 6.76. The number of amides is 2. The number of anilines is 2. The Morgan fingerprint density at radius 3 is 2.21 bits per heavy atom. The third kappa shape index (κ3) is 4.37. The first-order chi connectivity index (χ1) is 11.3. The van der Waals surface area contributed by atoms with E-state index in [0.717, 1.165) is 0 Å². The minimum atomic E-state index is -3.77. The summed E-state index contributed by atoms with van der Waals surface area (Å²) in [5.41, 5.74) is 0.865. The molecule has 128 valence electrons. The smallest absolute Gasteiger partial charge is 0.323 e. The van der Waals surface area contributed by atoms with Crippen LogP contribution in [-0.4, -0.2) is 28.7 Å². The zero-order valence-electron chi connectivity index (χ0n) is 13.1. The van der Waals surface area contributed by atoms with Gasteiger partial charge in [-0.2, -0.15) is 0 Å². The number of hydrogen-bond acceptors (Lipinski definition) is 5. The predicted molar refractivity (Wildman–Crippen MR) is 90.0 cm³/mol. The first kappa shape index (κ1) is 17.6. The number of sulfonamides is 1.